The lowest BCUT2D eigenvalue weighted by molar-refractivity contribution is -0.859. The number of carbonyl (C=O) groups excluding carboxylic acids is 1. The maximum absolute atomic E-state index is 12.5. The van der Waals surface area contributed by atoms with Gasteiger partial charge in [0.2, 0.25) is 5.91 Å². The van der Waals surface area contributed by atoms with E-state index >= 15 is 0 Å². The van der Waals surface area contributed by atoms with Crippen LogP contribution in [0.2, 0.25) is 5.02 Å². The number of nitrogens with zero attached hydrogens (tertiary/aromatic N) is 2. The van der Waals surface area contributed by atoms with Gasteiger partial charge >= 0.3 is 5.69 Å². The molecule has 0 spiro atoms. The van der Waals surface area contributed by atoms with E-state index in [2.05, 4.69) is 24.4 Å². The lowest BCUT2D eigenvalue weighted by Gasteiger charge is -2.15. The maximum atomic E-state index is 12.5. The lowest BCUT2D eigenvalue weighted by Crippen LogP contribution is -3.06. The zero-order valence-corrected chi connectivity index (χ0v) is 17.1. The van der Waals surface area contributed by atoms with Crippen molar-refractivity contribution in [3.63, 3.8) is 0 Å². The molecule has 0 bridgehead atoms. The number of carbonyl (C=O) groups is 1. The van der Waals surface area contributed by atoms with Gasteiger partial charge in [-0.1, -0.05) is 23.4 Å². The van der Waals surface area contributed by atoms with Crippen LogP contribution in [-0.4, -0.2) is 41.9 Å². The highest BCUT2D eigenvalue weighted by molar-refractivity contribution is 8.00. The average molecular weight is 408 g/mol. The third kappa shape index (κ3) is 5.12. The first-order valence-electron chi connectivity index (χ1n) is 9.04. The number of aromatic nitrogens is 2. The van der Waals surface area contributed by atoms with E-state index in [0.717, 1.165) is 37.1 Å². The molecule has 0 fully saturated rings. The zero-order valence-electron chi connectivity index (χ0n) is 15.5. The van der Waals surface area contributed by atoms with Crippen molar-refractivity contribution in [1.29, 1.82) is 0 Å². The van der Waals surface area contributed by atoms with Gasteiger partial charge in [-0.05, 0) is 43.5 Å². The molecule has 0 saturated carbocycles. The van der Waals surface area contributed by atoms with Crippen LogP contribution < -0.4 is 15.9 Å². The molecular formula is C19H24ClN4O2S+. The van der Waals surface area contributed by atoms with E-state index in [9.17, 15) is 9.59 Å². The Kier molecular flexibility index (Phi) is 6.57. The van der Waals surface area contributed by atoms with Crippen LogP contribution >= 0.6 is 23.4 Å². The molecule has 1 amide bonds. The topological polar surface area (TPSA) is 68.4 Å². The highest BCUT2D eigenvalue weighted by atomic mass is 35.5. The van der Waals surface area contributed by atoms with Crippen LogP contribution in [-0.2, 0) is 24.2 Å². The number of halogens is 1. The van der Waals surface area contributed by atoms with Gasteiger partial charge in [0.25, 0.3) is 0 Å². The smallest absolute Gasteiger partial charge is 0.338 e. The maximum Gasteiger partial charge on any atom is 0.349 e. The van der Waals surface area contributed by atoms with Gasteiger partial charge in [-0.15, -0.1) is 0 Å². The van der Waals surface area contributed by atoms with E-state index in [1.165, 1.54) is 16.7 Å². The fraction of sp³-hybridized carbons (Fsp3) is 0.421. The van der Waals surface area contributed by atoms with Gasteiger partial charge in [0, 0.05) is 22.0 Å². The van der Waals surface area contributed by atoms with Gasteiger partial charge in [0.05, 0.1) is 32.9 Å². The number of likely N-dealkylation sites (N-methyl/N-ethyl adjacent to an activating group) is 1. The van der Waals surface area contributed by atoms with Crippen molar-refractivity contribution in [1.82, 2.24) is 9.55 Å². The Morgan fingerprint density at radius 2 is 2.04 bits per heavy atom. The monoisotopic (exact) mass is 407 g/mol. The minimum Gasteiger partial charge on any atom is -0.338 e. The van der Waals surface area contributed by atoms with Crippen LogP contribution in [0.1, 0.15) is 17.7 Å². The Morgan fingerprint density at radius 3 is 2.74 bits per heavy atom. The summed E-state index contributed by atoms with van der Waals surface area (Å²) in [5.41, 5.74) is 2.71. The van der Waals surface area contributed by atoms with E-state index in [-0.39, 0.29) is 17.3 Å². The van der Waals surface area contributed by atoms with Crippen molar-refractivity contribution >= 4 is 35.0 Å². The number of nitrogens with one attached hydrogen (secondary N) is 2. The number of hydrogen-bond acceptors (Lipinski definition) is 4. The second-order valence-electron chi connectivity index (χ2n) is 6.93. The molecule has 1 aliphatic carbocycles. The van der Waals surface area contributed by atoms with Crippen LogP contribution in [0, 0.1) is 0 Å². The van der Waals surface area contributed by atoms with E-state index in [1.54, 1.807) is 24.3 Å². The van der Waals surface area contributed by atoms with Gasteiger partial charge in [-0.3, -0.25) is 9.36 Å². The molecule has 2 aromatic rings. The number of hydrogen-bond donors (Lipinski definition) is 2. The standard InChI is InChI=1S/C19H23ClN4O2S/c1-23(2)10-11-24-16-5-3-4-15(16)18(22-19(24)26)27-12-17(25)21-14-8-6-13(20)7-9-14/h6-9H,3-5,10-12H2,1-2H3,(H,21,25)/p+1. The Morgan fingerprint density at radius 1 is 1.30 bits per heavy atom. The Bertz CT molecular complexity index is 881. The molecule has 0 unspecified atom stereocenters. The summed E-state index contributed by atoms with van der Waals surface area (Å²) in [6.07, 6.45) is 2.85. The van der Waals surface area contributed by atoms with Crippen molar-refractivity contribution < 1.29 is 9.69 Å². The number of anilines is 1. The average Bonchev–Trinajstić information content (AvgIpc) is 3.10. The molecule has 2 N–H and O–H groups in total. The molecule has 0 atom stereocenters. The molecule has 0 radical (unpaired) electrons. The van der Waals surface area contributed by atoms with Gasteiger partial charge in [0.1, 0.15) is 5.03 Å². The molecule has 27 heavy (non-hydrogen) atoms. The Balaban J connectivity index is 1.69. The van der Waals surface area contributed by atoms with Crippen molar-refractivity contribution in [2.45, 2.75) is 30.8 Å². The van der Waals surface area contributed by atoms with Crippen LogP contribution in [0.15, 0.2) is 34.1 Å². The van der Waals surface area contributed by atoms with Gasteiger partial charge < -0.3 is 10.2 Å². The zero-order chi connectivity index (χ0) is 19.4. The lowest BCUT2D eigenvalue weighted by atomic mass is 10.2. The predicted octanol–water partition coefficient (Wildman–Crippen LogP) is 1.26. The number of fused-ring (bicyclic) bond motifs is 1. The third-order valence-corrected chi connectivity index (χ3v) is 5.77. The summed E-state index contributed by atoms with van der Waals surface area (Å²) in [6.45, 7) is 1.56. The molecule has 8 heteroatoms. The Labute approximate surface area is 167 Å². The second kappa shape index (κ2) is 8.91. The molecule has 1 aliphatic rings. The van der Waals surface area contributed by atoms with Crippen LogP contribution in [0.3, 0.4) is 0 Å². The van der Waals surface area contributed by atoms with Crippen molar-refractivity contribution in [2.75, 3.05) is 31.7 Å². The van der Waals surface area contributed by atoms with E-state index in [4.69, 9.17) is 11.6 Å². The molecule has 1 heterocycles. The first-order chi connectivity index (χ1) is 12.9. The minimum absolute atomic E-state index is 0.128. The first-order valence-corrected chi connectivity index (χ1v) is 10.4. The molecule has 6 nitrogen and oxygen atoms in total. The fourth-order valence-electron chi connectivity index (χ4n) is 3.14. The molecule has 144 valence electrons. The molecule has 0 saturated heterocycles. The molecule has 1 aromatic heterocycles. The Hall–Kier alpha value is -1.83. The van der Waals surface area contributed by atoms with E-state index < -0.39 is 0 Å². The molecular weight excluding hydrogens is 384 g/mol. The van der Waals surface area contributed by atoms with Crippen LogP contribution in [0.5, 0.6) is 0 Å². The van der Waals surface area contributed by atoms with Gasteiger partial charge in [-0.25, -0.2) is 4.79 Å². The largest absolute Gasteiger partial charge is 0.349 e. The summed E-state index contributed by atoms with van der Waals surface area (Å²) in [4.78, 5) is 30.3. The van der Waals surface area contributed by atoms with Gasteiger partial charge in [-0.2, -0.15) is 4.98 Å². The molecule has 0 aliphatic heterocycles. The highest BCUT2D eigenvalue weighted by Crippen LogP contribution is 2.29. The summed E-state index contributed by atoms with van der Waals surface area (Å²) < 4.78 is 1.81. The normalized spacial score (nSPS) is 13.0. The number of thioether (sulfide) groups is 1. The van der Waals surface area contributed by atoms with Crippen LogP contribution in [0.4, 0.5) is 5.69 Å². The third-order valence-electron chi connectivity index (χ3n) is 4.50. The van der Waals surface area contributed by atoms with Gasteiger partial charge in [0.15, 0.2) is 0 Å². The van der Waals surface area contributed by atoms with E-state index in [1.807, 2.05) is 4.57 Å². The number of amides is 1. The molecule has 1 aromatic carbocycles. The first kappa shape index (κ1) is 19.9. The fourth-order valence-corrected chi connectivity index (χ4v) is 4.14. The predicted molar refractivity (Wildman–Crippen MR) is 109 cm³/mol. The van der Waals surface area contributed by atoms with Crippen molar-refractivity contribution in [2.24, 2.45) is 0 Å². The SMILES string of the molecule is C[NH+](C)CCn1c2c(c(SCC(=O)Nc3ccc(Cl)cc3)nc1=O)CCC2. The highest BCUT2D eigenvalue weighted by Gasteiger charge is 2.22. The second-order valence-corrected chi connectivity index (χ2v) is 8.33. The number of benzene rings is 1. The van der Waals surface area contributed by atoms with Crippen LogP contribution in [0.25, 0.3) is 0 Å². The minimum atomic E-state index is -0.211. The quantitative estimate of drug-likeness (QED) is 0.535. The number of rotatable bonds is 7. The summed E-state index contributed by atoms with van der Waals surface area (Å²) in [5.74, 6) is 0.0872. The number of quaternary nitrogens is 1. The summed E-state index contributed by atoms with van der Waals surface area (Å²) in [5, 5.41) is 4.16. The summed E-state index contributed by atoms with van der Waals surface area (Å²) >= 11 is 7.19. The van der Waals surface area contributed by atoms with E-state index in [0.29, 0.717) is 22.3 Å². The van der Waals surface area contributed by atoms with Crippen molar-refractivity contribution in [3.05, 3.63) is 51.0 Å². The summed E-state index contributed by atoms with van der Waals surface area (Å²) in [6, 6.07) is 6.98. The van der Waals surface area contributed by atoms with Crippen molar-refractivity contribution in [3.8, 4) is 0 Å². The molecule has 3 rings (SSSR count). The summed E-state index contributed by atoms with van der Waals surface area (Å²) in [7, 11) is 4.14.